The van der Waals surface area contributed by atoms with E-state index in [4.69, 9.17) is 23.2 Å². The number of hydrogen-bond donors (Lipinski definition) is 1. The maximum atomic E-state index is 12.7. The predicted octanol–water partition coefficient (Wildman–Crippen LogP) is 2.61. The van der Waals surface area contributed by atoms with Crippen LogP contribution in [-0.4, -0.2) is 62.9 Å². The van der Waals surface area contributed by atoms with Crippen molar-refractivity contribution in [3.05, 3.63) is 34.9 Å². The minimum Gasteiger partial charge on any atom is -0.349 e. The number of nitrogens with one attached hydrogen (secondary N) is 1. The summed E-state index contributed by atoms with van der Waals surface area (Å²) in [7, 11) is 0. The molecule has 2 aliphatic heterocycles. The summed E-state index contributed by atoms with van der Waals surface area (Å²) in [6.07, 6.45) is 1.16. The highest BCUT2D eigenvalue weighted by atomic mass is 35.5. The lowest BCUT2D eigenvalue weighted by Crippen LogP contribution is -2.47. The molecule has 1 N–H and O–H groups in total. The number of nitrogens with zero attached hydrogens (tertiary/aromatic N) is 2. The average molecular weight is 440 g/mol. The number of rotatable bonds is 3. The van der Waals surface area contributed by atoms with Gasteiger partial charge in [-0.1, -0.05) is 23.2 Å². The summed E-state index contributed by atoms with van der Waals surface area (Å²) in [4.78, 5) is 51.4. The summed E-state index contributed by atoms with van der Waals surface area (Å²) in [5.41, 5.74) is 0.227. The fraction of sp³-hybridized carbons (Fsp3) is 0.500. The van der Waals surface area contributed by atoms with Crippen LogP contribution in [0.4, 0.5) is 0 Å². The summed E-state index contributed by atoms with van der Waals surface area (Å²) >= 11 is 11.2. The van der Waals surface area contributed by atoms with Crippen molar-refractivity contribution < 1.29 is 19.2 Å². The molecule has 2 aliphatic rings. The van der Waals surface area contributed by atoms with Crippen molar-refractivity contribution in [1.29, 1.82) is 0 Å². The van der Waals surface area contributed by atoms with Crippen molar-refractivity contribution in [3.63, 3.8) is 0 Å². The SMILES string of the molecule is CC(C)(C)N1C(=O)c2ccc(C(=O)NC3CCN(C(=O)C(Cl)Cl)CC3)cc2C1=O. The summed E-state index contributed by atoms with van der Waals surface area (Å²) in [5, 5.41) is 2.93. The highest BCUT2D eigenvalue weighted by Crippen LogP contribution is 2.30. The number of halogens is 2. The van der Waals surface area contributed by atoms with Crippen LogP contribution in [-0.2, 0) is 4.79 Å². The molecular formula is C20H23Cl2N3O4. The Morgan fingerprint density at radius 2 is 1.66 bits per heavy atom. The number of carbonyl (C=O) groups is 4. The smallest absolute Gasteiger partial charge is 0.262 e. The Balaban J connectivity index is 1.67. The lowest BCUT2D eigenvalue weighted by molar-refractivity contribution is -0.130. The second-order valence-corrected chi connectivity index (χ2v) is 9.35. The lowest BCUT2D eigenvalue weighted by Gasteiger charge is -2.32. The maximum Gasteiger partial charge on any atom is 0.262 e. The number of hydrogen-bond acceptors (Lipinski definition) is 4. The van der Waals surface area contributed by atoms with Crippen LogP contribution in [0.1, 0.15) is 64.7 Å². The number of imide groups is 1. The molecule has 0 atom stereocenters. The van der Waals surface area contributed by atoms with E-state index in [1.807, 2.05) is 0 Å². The normalized spacial score (nSPS) is 17.7. The zero-order valence-corrected chi connectivity index (χ0v) is 18.0. The summed E-state index contributed by atoms with van der Waals surface area (Å²) < 4.78 is 0. The zero-order chi connectivity index (χ0) is 21.5. The Hall–Kier alpha value is -2.12. The minimum atomic E-state index is -1.08. The molecule has 2 heterocycles. The molecule has 1 aromatic rings. The Labute approximate surface area is 179 Å². The molecule has 156 valence electrons. The zero-order valence-electron chi connectivity index (χ0n) is 16.5. The van der Waals surface area contributed by atoms with Crippen molar-refractivity contribution in [3.8, 4) is 0 Å². The van der Waals surface area contributed by atoms with Crippen LogP contribution in [0.2, 0.25) is 0 Å². The Bertz CT molecular complexity index is 871. The summed E-state index contributed by atoms with van der Waals surface area (Å²) in [6, 6.07) is 4.45. The van der Waals surface area contributed by atoms with Crippen LogP contribution in [0.3, 0.4) is 0 Å². The first-order chi connectivity index (χ1) is 13.5. The number of piperidine rings is 1. The molecule has 0 radical (unpaired) electrons. The van der Waals surface area contributed by atoms with Gasteiger partial charge in [0.05, 0.1) is 11.1 Å². The quantitative estimate of drug-likeness (QED) is 0.579. The lowest BCUT2D eigenvalue weighted by atomic mass is 10.0. The van der Waals surface area contributed by atoms with E-state index in [1.54, 1.807) is 31.7 Å². The molecule has 0 aliphatic carbocycles. The third-order valence-electron chi connectivity index (χ3n) is 5.15. The molecule has 9 heteroatoms. The Morgan fingerprint density at radius 1 is 1.07 bits per heavy atom. The third kappa shape index (κ3) is 4.26. The first kappa shape index (κ1) is 21.6. The van der Waals surface area contributed by atoms with Gasteiger partial charge in [0.25, 0.3) is 23.6 Å². The van der Waals surface area contributed by atoms with E-state index in [1.165, 1.54) is 17.0 Å². The Kier molecular flexibility index (Phi) is 5.92. The van der Waals surface area contributed by atoms with E-state index >= 15 is 0 Å². The molecule has 0 spiro atoms. The van der Waals surface area contributed by atoms with E-state index in [-0.39, 0.29) is 29.3 Å². The molecule has 0 unspecified atom stereocenters. The number of amides is 4. The largest absolute Gasteiger partial charge is 0.349 e. The topological polar surface area (TPSA) is 86.8 Å². The van der Waals surface area contributed by atoms with Crippen molar-refractivity contribution in [2.24, 2.45) is 0 Å². The van der Waals surface area contributed by atoms with Crippen LogP contribution in [0.15, 0.2) is 18.2 Å². The first-order valence-electron chi connectivity index (χ1n) is 9.41. The standard InChI is InChI=1S/C20H23Cl2N3O4/c1-20(2,3)25-17(27)13-5-4-11(10-14(13)18(25)28)16(26)23-12-6-8-24(9-7-12)19(29)15(21)22/h4-5,10,12,15H,6-9H2,1-3H3,(H,23,26). The van der Waals surface area contributed by atoms with Crippen molar-refractivity contribution in [2.45, 2.75) is 50.0 Å². The van der Waals surface area contributed by atoms with Gasteiger partial charge in [-0.25, -0.2) is 0 Å². The monoisotopic (exact) mass is 439 g/mol. The number of carbonyl (C=O) groups excluding carboxylic acids is 4. The van der Waals surface area contributed by atoms with Gasteiger partial charge in [0.15, 0.2) is 4.84 Å². The van der Waals surface area contributed by atoms with Gasteiger partial charge >= 0.3 is 0 Å². The molecule has 7 nitrogen and oxygen atoms in total. The van der Waals surface area contributed by atoms with E-state index in [0.29, 0.717) is 37.1 Å². The summed E-state index contributed by atoms with van der Waals surface area (Å²) in [5.74, 6) is -1.39. The van der Waals surface area contributed by atoms with Gasteiger partial charge < -0.3 is 10.2 Å². The highest BCUT2D eigenvalue weighted by molar-refractivity contribution is 6.53. The Morgan fingerprint density at radius 3 is 2.21 bits per heavy atom. The first-order valence-corrected chi connectivity index (χ1v) is 10.3. The highest BCUT2D eigenvalue weighted by Gasteiger charge is 2.42. The van der Waals surface area contributed by atoms with Gasteiger partial charge in [0, 0.05) is 30.2 Å². The van der Waals surface area contributed by atoms with Crippen LogP contribution < -0.4 is 5.32 Å². The van der Waals surface area contributed by atoms with E-state index in [2.05, 4.69) is 5.32 Å². The molecule has 0 saturated carbocycles. The van der Waals surface area contributed by atoms with Crippen LogP contribution in [0.5, 0.6) is 0 Å². The van der Waals surface area contributed by atoms with E-state index < -0.39 is 16.3 Å². The van der Waals surface area contributed by atoms with Crippen LogP contribution in [0.25, 0.3) is 0 Å². The molecule has 4 amide bonds. The van der Waals surface area contributed by atoms with Gasteiger partial charge in [0.2, 0.25) is 0 Å². The summed E-state index contributed by atoms with van der Waals surface area (Å²) in [6.45, 7) is 6.27. The molecule has 1 aromatic carbocycles. The molecular weight excluding hydrogens is 417 g/mol. The van der Waals surface area contributed by atoms with Gasteiger partial charge in [-0.2, -0.15) is 0 Å². The molecule has 29 heavy (non-hydrogen) atoms. The molecule has 1 saturated heterocycles. The molecule has 0 bridgehead atoms. The molecule has 1 fully saturated rings. The molecule has 0 aromatic heterocycles. The number of likely N-dealkylation sites (tertiary alicyclic amines) is 1. The van der Waals surface area contributed by atoms with Crippen molar-refractivity contribution in [2.75, 3.05) is 13.1 Å². The van der Waals surface area contributed by atoms with Crippen molar-refractivity contribution in [1.82, 2.24) is 15.1 Å². The maximum absolute atomic E-state index is 12.7. The van der Waals surface area contributed by atoms with E-state index in [9.17, 15) is 19.2 Å². The minimum absolute atomic E-state index is 0.104. The number of alkyl halides is 2. The average Bonchev–Trinajstić information content (AvgIpc) is 2.91. The van der Waals surface area contributed by atoms with Crippen LogP contribution >= 0.6 is 23.2 Å². The van der Waals surface area contributed by atoms with E-state index in [0.717, 1.165) is 0 Å². The number of fused-ring (bicyclic) bond motifs is 1. The fourth-order valence-corrected chi connectivity index (χ4v) is 3.92. The second kappa shape index (κ2) is 7.95. The third-order valence-corrected chi connectivity index (χ3v) is 5.52. The predicted molar refractivity (Wildman–Crippen MR) is 109 cm³/mol. The van der Waals surface area contributed by atoms with Gasteiger partial charge in [-0.05, 0) is 51.8 Å². The molecule has 3 rings (SSSR count). The fourth-order valence-electron chi connectivity index (χ4n) is 3.64. The number of benzene rings is 1. The van der Waals surface area contributed by atoms with Crippen LogP contribution in [0, 0.1) is 0 Å². The van der Waals surface area contributed by atoms with Crippen molar-refractivity contribution >= 4 is 46.8 Å². The van der Waals surface area contributed by atoms with Gasteiger partial charge in [-0.3, -0.25) is 24.1 Å². The van der Waals surface area contributed by atoms with Gasteiger partial charge in [0.1, 0.15) is 0 Å². The van der Waals surface area contributed by atoms with Gasteiger partial charge in [-0.15, -0.1) is 0 Å². The second-order valence-electron chi connectivity index (χ2n) is 8.25.